The Balaban J connectivity index is 1.14. The average molecular weight is 614 g/mol. The number of anilines is 1. The zero-order chi connectivity index (χ0) is 30.2. The van der Waals surface area contributed by atoms with Gasteiger partial charge in [-0.1, -0.05) is 102 Å². The minimum Gasteiger partial charge on any atom is -0.355 e. The van der Waals surface area contributed by atoms with Crippen LogP contribution in [-0.4, -0.2) is 64.7 Å². The molecular formula is C34H36ClN5O2S. The fraction of sp³-hybridized carbons (Fsp3) is 0.294. The Hall–Kier alpha value is -3.88. The number of thioether (sulfide) groups is 1. The summed E-state index contributed by atoms with van der Waals surface area (Å²) in [6, 6.07) is 30.2. The first-order valence-corrected chi connectivity index (χ1v) is 15.9. The second-order valence-electron chi connectivity index (χ2n) is 10.8. The fourth-order valence-corrected chi connectivity index (χ4v) is 6.29. The second kappa shape index (κ2) is 14.5. The number of carbonyl (C=O) groups is 2. The molecule has 1 fully saturated rings. The summed E-state index contributed by atoms with van der Waals surface area (Å²) in [6.07, 6.45) is 0.791. The predicted octanol–water partition coefficient (Wildman–Crippen LogP) is 6.22. The van der Waals surface area contributed by atoms with Crippen LogP contribution in [0.3, 0.4) is 0 Å². The summed E-state index contributed by atoms with van der Waals surface area (Å²) in [5.41, 5.74) is 4.28. The molecule has 1 atom stereocenters. The molecule has 1 aliphatic rings. The van der Waals surface area contributed by atoms with Crippen molar-refractivity contribution in [3.05, 3.63) is 118 Å². The second-order valence-corrected chi connectivity index (χ2v) is 12.1. The Bertz CT molecular complexity index is 1480. The molecule has 0 spiro atoms. The highest BCUT2D eigenvalue weighted by Crippen LogP contribution is 2.28. The molecule has 0 saturated carbocycles. The summed E-state index contributed by atoms with van der Waals surface area (Å²) in [7, 11) is 0. The van der Waals surface area contributed by atoms with Crippen LogP contribution in [0, 0.1) is 6.92 Å². The van der Waals surface area contributed by atoms with Crippen LogP contribution in [0.5, 0.6) is 0 Å². The number of carbonyl (C=O) groups excluding carboxylic acids is 2. The molecule has 222 valence electrons. The number of hydrogen-bond acceptors (Lipinski definition) is 6. The van der Waals surface area contributed by atoms with Crippen LogP contribution in [0.4, 0.5) is 5.82 Å². The van der Waals surface area contributed by atoms with Gasteiger partial charge in [0.1, 0.15) is 11.0 Å². The number of rotatable bonds is 10. The zero-order valence-corrected chi connectivity index (χ0v) is 26.0. The lowest BCUT2D eigenvalue weighted by molar-refractivity contribution is -0.118. The van der Waals surface area contributed by atoms with Gasteiger partial charge < -0.3 is 15.1 Å². The maximum Gasteiger partial charge on any atom is 0.254 e. The summed E-state index contributed by atoms with van der Waals surface area (Å²) in [5.74, 6) is 1.05. The molecule has 3 aromatic carbocycles. The lowest BCUT2D eigenvalue weighted by atomic mass is 9.88. The molecule has 43 heavy (non-hydrogen) atoms. The van der Waals surface area contributed by atoms with Crippen LogP contribution in [0.25, 0.3) is 0 Å². The van der Waals surface area contributed by atoms with Crippen LogP contribution in [0.2, 0.25) is 5.15 Å². The van der Waals surface area contributed by atoms with E-state index in [0.29, 0.717) is 47.9 Å². The lowest BCUT2D eigenvalue weighted by Crippen LogP contribution is -2.54. The van der Waals surface area contributed by atoms with E-state index in [1.807, 2.05) is 79.4 Å². The van der Waals surface area contributed by atoms with Gasteiger partial charge in [0.15, 0.2) is 5.16 Å². The highest BCUT2D eigenvalue weighted by atomic mass is 35.5. The van der Waals surface area contributed by atoms with Gasteiger partial charge in [-0.15, -0.1) is 0 Å². The van der Waals surface area contributed by atoms with Gasteiger partial charge in [0, 0.05) is 49.8 Å². The molecule has 5 rings (SSSR count). The van der Waals surface area contributed by atoms with Gasteiger partial charge in [-0.3, -0.25) is 9.59 Å². The number of halogens is 1. The molecular weight excluding hydrogens is 578 g/mol. The maximum atomic E-state index is 13.1. The van der Waals surface area contributed by atoms with Crippen LogP contribution >= 0.6 is 23.4 Å². The van der Waals surface area contributed by atoms with E-state index in [4.69, 9.17) is 16.6 Å². The highest BCUT2D eigenvalue weighted by Gasteiger charge is 2.29. The third-order valence-corrected chi connectivity index (χ3v) is 8.70. The number of benzene rings is 3. The first kappa shape index (κ1) is 30.6. The van der Waals surface area contributed by atoms with Crippen molar-refractivity contribution < 1.29 is 9.59 Å². The van der Waals surface area contributed by atoms with E-state index in [-0.39, 0.29) is 29.5 Å². The lowest BCUT2D eigenvalue weighted by Gasteiger charge is -2.40. The van der Waals surface area contributed by atoms with Crippen molar-refractivity contribution in [2.75, 3.05) is 36.8 Å². The number of nitrogens with one attached hydrogen (secondary N) is 1. The molecule has 1 saturated heterocycles. The molecule has 0 bridgehead atoms. The van der Waals surface area contributed by atoms with Crippen LogP contribution in [0.15, 0.2) is 96.2 Å². The topological polar surface area (TPSA) is 78.4 Å². The Kier molecular flexibility index (Phi) is 10.3. The molecule has 0 aliphatic carbocycles. The smallest absolute Gasteiger partial charge is 0.254 e. The summed E-state index contributed by atoms with van der Waals surface area (Å²) >= 11 is 7.64. The fourth-order valence-electron chi connectivity index (χ4n) is 5.37. The van der Waals surface area contributed by atoms with Crippen molar-refractivity contribution in [1.29, 1.82) is 0 Å². The minimum absolute atomic E-state index is 0.00577. The van der Waals surface area contributed by atoms with Gasteiger partial charge in [0.2, 0.25) is 5.91 Å². The first-order valence-electron chi connectivity index (χ1n) is 14.5. The van der Waals surface area contributed by atoms with Gasteiger partial charge in [0.25, 0.3) is 5.91 Å². The van der Waals surface area contributed by atoms with Gasteiger partial charge in [-0.05, 0) is 43.5 Å². The number of piperazine rings is 1. The normalized spacial score (nSPS) is 15.0. The Morgan fingerprint density at radius 3 is 2.23 bits per heavy atom. The molecule has 0 radical (unpaired) electrons. The molecule has 1 aromatic heterocycles. The van der Waals surface area contributed by atoms with Gasteiger partial charge in [-0.2, -0.15) is 0 Å². The van der Waals surface area contributed by atoms with Crippen molar-refractivity contribution in [2.24, 2.45) is 0 Å². The Labute approximate surface area is 262 Å². The summed E-state index contributed by atoms with van der Waals surface area (Å²) < 4.78 is 0. The SMILES string of the molecule is Cc1ccc(C(=O)N2CCN(c3cc(Cl)nc(SCC(=O)NCCC(c4ccccc4)c4ccccc4)n3)CC2C)cc1. The third-order valence-electron chi connectivity index (χ3n) is 7.66. The number of amides is 2. The average Bonchev–Trinajstić information content (AvgIpc) is 3.03. The summed E-state index contributed by atoms with van der Waals surface area (Å²) in [4.78, 5) is 38.9. The number of nitrogens with zero attached hydrogens (tertiary/aromatic N) is 4. The molecule has 2 heterocycles. The molecule has 1 aliphatic heterocycles. The van der Waals surface area contributed by atoms with Crippen molar-refractivity contribution in [3.63, 3.8) is 0 Å². The van der Waals surface area contributed by atoms with Crippen LogP contribution in [-0.2, 0) is 4.79 Å². The van der Waals surface area contributed by atoms with E-state index >= 15 is 0 Å². The minimum atomic E-state index is -0.0770. The van der Waals surface area contributed by atoms with E-state index in [9.17, 15) is 9.59 Å². The Morgan fingerprint density at radius 2 is 1.60 bits per heavy atom. The number of aryl methyl sites for hydroxylation is 1. The van der Waals surface area contributed by atoms with Crippen molar-refractivity contribution >= 4 is 41.0 Å². The van der Waals surface area contributed by atoms with Crippen molar-refractivity contribution in [2.45, 2.75) is 37.4 Å². The van der Waals surface area contributed by atoms with E-state index in [1.54, 1.807) is 6.07 Å². The third kappa shape index (κ3) is 8.15. The quantitative estimate of drug-likeness (QED) is 0.130. The maximum absolute atomic E-state index is 13.1. The molecule has 9 heteroatoms. The van der Waals surface area contributed by atoms with E-state index in [2.05, 4.69) is 39.5 Å². The van der Waals surface area contributed by atoms with E-state index in [0.717, 1.165) is 12.0 Å². The number of hydrogen-bond donors (Lipinski definition) is 1. The molecule has 1 N–H and O–H groups in total. The number of aromatic nitrogens is 2. The first-order chi connectivity index (χ1) is 20.9. The largest absolute Gasteiger partial charge is 0.355 e. The van der Waals surface area contributed by atoms with Crippen LogP contribution < -0.4 is 10.2 Å². The molecule has 2 amide bonds. The van der Waals surface area contributed by atoms with Crippen molar-refractivity contribution in [1.82, 2.24) is 20.2 Å². The standard InChI is InChI=1S/C34H36ClN5O2S/c1-24-13-15-28(16-14-24)33(42)40-20-19-39(22-25(40)2)31-21-30(35)37-34(38-31)43-23-32(41)36-18-17-29(26-9-5-3-6-10-26)27-11-7-4-8-12-27/h3-16,21,25,29H,17-20,22-23H2,1-2H3,(H,36,41). The van der Waals surface area contributed by atoms with E-state index < -0.39 is 0 Å². The Morgan fingerprint density at radius 1 is 0.953 bits per heavy atom. The molecule has 4 aromatic rings. The zero-order valence-electron chi connectivity index (χ0n) is 24.4. The molecule has 1 unspecified atom stereocenters. The van der Waals surface area contributed by atoms with Crippen LogP contribution in [0.1, 0.15) is 46.3 Å². The summed E-state index contributed by atoms with van der Waals surface area (Å²) in [6.45, 7) is 6.44. The van der Waals surface area contributed by atoms with E-state index in [1.165, 1.54) is 22.9 Å². The van der Waals surface area contributed by atoms with Gasteiger partial charge in [0.05, 0.1) is 5.75 Å². The summed E-state index contributed by atoms with van der Waals surface area (Å²) in [5, 5.41) is 3.84. The van der Waals surface area contributed by atoms with Gasteiger partial charge in [-0.25, -0.2) is 9.97 Å². The molecule has 7 nitrogen and oxygen atoms in total. The van der Waals surface area contributed by atoms with Gasteiger partial charge >= 0.3 is 0 Å². The van der Waals surface area contributed by atoms with Crippen molar-refractivity contribution in [3.8, 4) is 0 Å². The highest BCUT2D eigenvalue weighted by molar-refractivity contribution is 7.99. The monoisotopic (exact) mass is 613 g/mol. The predicted molar refractivity (Wildman–Crippen MR) is 174 cm³/mol.